The van der Waals surface area contributed by atoms with Crippen LogP contribution >= 0.6 is 0 Å². The second kappa shape index (κ2) is 9.34. The van der Waals surface area contributed by atoms with Crippen LogP contribution < -0.4 is 24.8 Å². The average molecular weight is 440 g/mol. The minimum atomic E-state index is 0. The first-order valence-electron chi connectivity index (χ1n) is 7.88. The molecule has 1 N–H and O–H groups in total. The molecule has 24 heavy (non-hydrogen) atoms. The van der Waals surface area contributed by atoms with E-state index in [4.69, 9.17) is 5.11 Å². The maximum atomic E-state index is 9.15. The van der Waals surface area contributed by atoms with Gasteiger partial charge in [-0.05, 0) is 0 Å². The van der Waals surface area contributed by atoms with Crippen LogP contribution in [0.1, 0.15) is 44.2 Å². The molecule has 0 atom stereocenters. The molecule has 125 valence electrons. The summed E-state index contributed by atoms with van der Waals surface area (Å²) >= 11 is 1.48. The molecule has 2 aliphatic carbocycles. The molecule has 4 heteroatoms. The van der Waals surface area contributed by atoms with Crippen molar-refractivity contribution in [3.05, 3.63) is 69.8 Å². The zero-order chi connectivity index (χ0) is 15.7. The predicted octanol–water partition coefficient (Wildman–Crippen LogP) is -1.21. The van der Waals surface area contributed by atoms with Crippen molar-refractivity contribution in [1.29, 1.82) is 0 Å². The van der Waals surface area contributed by atoms with E-state index in [9.17, 15) is 0 Å². The molecule has 0 unspecified atom stereocenters. The van der Waals surface area contributed by atoms with Crippen LogP contribution in [0.25, 0.3) is 8.85 Å². The standard InChI is InChI=1S/C20H21O.2ClH.Zr/c1-14(2)20-18-10-4-3-7-16(18)13-19(20)17-11-5-8-15(17)9-6-12-21;;;/h3-5,7-8,10,21H,6,9,11-12H2,1-2H3;2*1H;/q;;;+2/p-2. The number of hydrogen-bond acceptors (Lipinski definition) is 1. The van der Waals surface area contributed by atoms with Crippen LogP contribution in [0.2, 0.25) is 0 Å². The smallest absolute Gasteiger partial charge is 1.00 e. The monoisotopic (exact) mass is 437 g/mol. The molecule has 1 nitrogen and oxygen atoms in total. The number of allylic oxidation sites excluding steroid dienone is 7. The average Bonchev–Trinajstić information content (AvgIpc) is 3.07. The maximum absolute atomic E-state index is 9.15. The van der Waals surface area contributed by atoms with E-state index in [0.717, 1.165) is 19.3 Å². The van der Waals surface area contributed by atoms with Crippen molar-refractivity contribution in [3.8, 4) is 0 Å². The van der Waals surface area contributed by atoms with E-state index < -0.39 is 0 Å². The normalized spacial score (nSPS) is 15.5. The summed E-state index contributed by atoms with van der Waals surface area (Å²) in [5, 5.41) is 9.15. The molecule has 2 aliphatic rings. The largest absolute Gasteiger partial charge is 1.00 e. The van der Waals surface area contributed by atoms with Crippen LogP contribution in [0.5, 0.6) is 0 Å². The minimum Gasteiger partial charge on any atom is -1.00 e. The van der Waals surface area contributed by atoms with Gasteiger partial charge in [-0.25, -0.2) is 0 Å². The SMILES string of the molecule is CC(C)=C1C(C2=C(CCCO)C=CC2)=[C]([Zr+2])c2ccccc21.[Cl-].[Cl-]. The number of aliphatic hydroxyl groups is 1. The third kappa shape index (κ3) is 3.88. The van der Waals surface area contributed by atoms with Crippen molar-refractivity contribution in [2.45, 2.75) is 33.1 Å². The van der Waals surface area contributed by atoms with Crippen molar-refractivity contribution in [2.75, 3.05) is 6.61 Å². The fourth-order valence-electron chi connectivity index (χ4n) is 3.45. The van der Waals surface area contributed by atoms with Crippen LogP contribution in [-0.2, 0) is 24.7 Å². The predicted molar refractivity (Wildman–Crippen MR) is 88.7 cm³/mol. The van der Waals surface area contributed by atoms with Crippen molar-refractivity contribution in [3.63, 3.8) is 0 Å². The van der Waals surface area contributed by atoms with E-state index in [1.54, 1.807) is 0 Å². The van der Waals surface area contributed by atoms with Crippen LogP contribution in [-0.4, -0.2) is 11.7 Å². The minimum absolute atomic E-state index is 0. The fraction of sp³-hybridized carbons (Fsp3) is 0.300. The quantitative estimate of drug-likeness (QED) is 0.625. The Labute approximate surface area is 172 Å². The van der Waals surface area contributed by atoms with Crippen molar-refractivity contribution in [2.24, 2.45) is 0 Å². The Kier molecular flexibility index (Phi) is 8.43. The number of rotatable bonds is 4. The van der Waals surface area contributed by atoms with E-state index in [0.29, 0.717) is 0 Å². The summed E-state index contributed by atoms with van der Waals surface area (Å²) in [6, 6.07) is 8.79. The molecule has 0 spiro atoms. The van der Waals surface area contributed by atoms with Gasteiger partial charge < -0.3 is 24.8 Å². The number of benzene rings is 1. The third-order valence-corrected chi connectivity index (χ3v) is 5.68. The molecule has 0 bridgehead atoms. The molecule has 0 aromatic heterocycles. The van der Waals surface area contributed by atoms with Gasteiger partial charge in [0.1, 0.15) is 0 Å². The van der Waals surface area contributed by atoms with Gasteiger partial charge >= 0.3 is 148 Å². The molecular weight excluding hydrogens is 418 g/mol. The van der Waals surface area contributed by atoms with Crippen LogP contribution in [0.3, 0.4) is 0 Å². The zero-order valence-corrected chi connectivity index (χ0v) is 18.0. The molecule has 0 radical (unpaired) electrons. The van der Waals surface area contributed by atoms with Crippen molar-refractivity contribution >= 4 is 8.85 Å². The van der Waals surface area contributed by atoms with Gasteiger partial charge in [-0.15, -0.1) is 0 Å². The van der Waals surface area contributed by atoms with Gasteiger partial charge in [0.15, 0.2) is 0 Å². The molecular formula is C20H21Cl2OZr. The fourth-order valence-corrected chi connectivity index (χ4v) is 4.67. The Morgan fingerprint density at radius 3 is 2.42 bits per heavy atom. The van der Waals surface area contributed by atoms with E-state index in [-0.39, 0.29) is 31.4 Å². The Morgan fingerprint density at radius 2 is 1.79 bits per heavy atom. The van der Waals surface area contributed by atoms with E-state index >= 15 is 0 Å². The summed E-state index contributed by atoms with van der Waals surface area (Å²) in [5.74, 6) is 0. The zero-order valence-electron chi connectivity index (χ0n) is 14.0. The summed E-state index contributed by atoms with van der Waals surface area (Å²) in [5.41, 5.74) is 9.99. The summed E-state index contributed by atoms with van der Waals surface area (Å²) < 4.78 is 1.49. The summed E-state index contributed by atoms with van der Waals surface area (Å²) in [6.45, 7) is 4.71. The van der Waals surface area contributed by atoms with Crippen LogP contribution in [0.4, 0.5) is 0 Å². The Morgan fingerprint density at radius 1 is 1.12 bits per heavy atom. The Hall–Kier alpha value is -0.397. The molecule has 0 fully saturated rings. The van der Waals surface area contributed by atoms with Gasteiger partial charge in [0.2, 0.25) is 0 Å². The van der Waals surface area contributed by atoms with Gasteiger partial charge in [0, 0.05) is 0 Å². The maximum Gasteiger partial charge on any atom is -1.00 e. The van der Waals surface area contributed by atoms with Gasteiger partial charge in [-0.3, -0.25) is 0 Å². The van der Waals surface area contributed by atoms with Crippen LogP contribution in [0.15, 0.2) is 58.7 Å². The number of fused-ring (bicyclic) bond motifs is 1. The second-order valence-corrected chi connectivity index (χ2v) is 7.34. The first-order valence-corrected chi connectivity index (χ1v) is 9.11. The van der Waals surface area contributed by atoms with Crippen LogP contribution in [0, 0.1) is 0 Å². The van der Waals surface area contributed by atoms with Gasteiger partial charge in [-0.2, -0.15) is 0 Å². The van der Waals surface area contributed by atoms with E-state index in [1.807, 2.05) is 0 Å². The molecule has 1 aromatic carbocycles. The van der Waals surface area contributed by atoms with E-state index in [1.165, 1.54) is 67.0 Å². The number of aliphatic hydroxyl groups excluding tert-OH is 1. The molecule has 0 amide bonds. The van der Waals surface area contributed by atoms with Gasteiger partial charge in [-0.1, -0.05) is 0 Å². The number of halogens is 2. The molecule has 3 rings (SSSR count). The molecule has 0 heterocycles. The molecule has 0 saturated carbocycles. The third-order valence-electron chi connectivity index (χ3n) is 4.40. The Balaban J connectivity index is 0.00000144. The first kappa shape index (κ1) is 21.6. The second-order valence-electron chi connectivity index (χ2n) is 6.11. The number of hydrogen-bond donors (Lipinski definition) is 1. The molecule has 0 aliphatic heterocycles. The Bertz CT molecular complexity index is 738. The summed E-state index contributed by atoms with van der Waals surface area (Å²) in [6.07, 6.45) is 7.37. The summed E-state index contributed by atoms with van der Waals surface area (Å²) in [7, 11) is 0. The topological polar surface area (TPSA) is 20.2 Å². The summed E-state index contributed by atoms with van der Waals surface area (Å²) in [4.78, 5) is 0. The first-order chi connectivity index (χ1) is 10.6. The molecule has 0 saturated heterocycles. The van der Waals surface area contributed by atoms with Crippen molar-refractivity contribution in [1.82, 2.24) is 0 Å². The molecule has 1 aromatic rings. The van der Waals surface area contributed by atoms with Crippen molar-refractivity contribution < 1.29 is 54.6 Å². The van der Waals surface area contributed by atoms with E-state index in [2.05, 4.69) is 50.3 Å². The van der Waals surface area contributed by atoms with Gasteiger partial charge in [0.25, 0.3) is 0 Å². The van der Waals surface area contributed by atoms with Gasteiger partial charge in [0.05, 0.1) is 0 Å².